The molecule has 0 radical (unpaired) electrons. The second-order valence-corrected chi connectivity index (χ2v) is 5.61. The summed E-state index contributed by atoms with van der Waals surface area (Å²) >= 11 is 0. The predicted molar refractivity (Wildman–Crippen MR) is 99.5 cm³/mol. The van der Waals surface area contributed by atoms with E-state index in [1.54, 1.807) is 43.3 Å². The Morgan fingerprint density at radius 1 is 1.19 bits per heavy atom. The van der Waals surface area contributed by atoms with Gasteiger partial charge in [0, 0.05) is 43.7 Å². The van der Waals surface area contributed by atoms with E-state index in [9.17, 15) is 14.9 Å². The summed E-state index contributed by atoms with van der Waals surface area (Å²) in [6.07, 6.45) is 0. The number of methoxy groups -OCH3 is 1. The van der Waals surface area contributed by atoms with Crippen molar-refractivity contribution in [2.45, 2.75) is 6.92 Å². The van der Waals surface area contributed by atoms with Crippen molar-refractivity contribution in [3.8, 4) is 11.5 Å². The van der Waals surface area contributed by atoms with Gasteiger partial charge in [-0.1, -0.05) is 0 Å². The number of hydrogen-bond acceptors (Lipinski definition) is 6. The molecule has 0 fully saturated rings. The summed E-state index contributed by atoms with van der Waals surface area (Å²) < 4.78 is 10.7. The molecule has 2 aromatic rings. The summed E-state index contributed by atoms with van der Waals surface area (Å²) in [6, 6.07) is 9.18. The first kappa shape index (κ1) is 19.0. The molecule has 26 heavy (non-hydrogen) atoms. The Labute approximate surface area is 151 Å². The number of amides is 1. The topological polar surface area (TPSA) is 93.9 Å². The predicted octanol–water partition coefficient (Wildman–Crippen LogP) is 3.32. The molecule has 0 aliphatic heterocycles. The van der Waals surface area contributed by atoms with Gasteiger partial charge in [-0.05, 0) is 25.1 Å². The third-order valence-corrected chi connectivity index (χ3v) is 3.64. The van der Waals surface area contributed by atoms with Gasteiger partial charge in [0.25, 0.3) is 11.6 Å². The Balaban J connectivity index is 2.35. The Morgan fingerprint density at radius 2 is 1.92 bits per heavy atom. The molecule has 0 bridgehead atoms. The van der Waals surface area contributed by atoms with Gasteiger partial charge in [0.2, 0.25) is 0 Å². The smallest absolute Gasteiger partial charge is 0.270 e. The third kappa shape index (κ3) is 4.21. The summed E-state index contributed by atoms with van der Waals surface area (Å²) in [5, 5.41) is 13.8. The Bertz CT molecular complexity index is 820. The fraction of sp³-hybridized carbons (Fsp3) is 0.278. The van der Waals surface area contributed by atoms with Crippen LogP contribution in [0.25, 0.3) is 0 Å². The lowest BCUT2D eigenvalue weighted by Crippen LogP contribution is -2.18. The van der Waals surface area contributed by atoms with Gasteiger partial charge in [-0.3, -0.25) is 14.9 Å². The molecule has 1 amide bonds. The molecule has 0 spiro atoms. The molecule has 0 saturated heterocycles. The average molecular weight is 359 g/mol. The maximum Gasteiger partial charge on any atom is 0.270 e. The zero-order chi connectivity index (χ0) is 19.3. The van der Waals surface area contributed by atoms with Gasteiger partial charge in [-0.25, -0.2) is 0 Å². The van der Waals surface area contributed by atoms with Gasteiger partial charge in [0.1, 0.15) is 0 Å². The van der Waals surface area contributed by atoms with E-state index in [1.807, 2.05) is 6.92 Å². The lowest BCUT2D eigenvalue weighted by molar-refractivity contribution is -0.384. The molecule has 0 aromatic heterocycles. The number of non-ortho nitro benzene ring substituents is 1. The van der Waals surface area contributed by atoms with Crippen molar-refractivity contribution in [1.82, 2.24) is 0 Å². The lowest BCUT2D eigenvalue weighted by atomic mass is 10.1. The standard InChI is InChI=1S/C18H21N3O5/c1-5-26-16-9-6-12(10-17(16)25-4)19-18(22)14-11-13(21(23)24)7-8-15(14)20(2)3/h6-11H,5H2,1-4H3,(H,19,22). The first-order valence-electron chi connectivity index (χ1n) is 7.95. The molecule has 0 aliphatic carbocycles. The zero-order valence-corrected chi connectivity index (χ0v) is 15.1. The third-order valence-electron chi connectivity index (χ3n) is 3.64. The average Bonchev–Trinajstić information content (AvgIpc) is 2.62. The van der Waals surface area contributed by atoms with Crippen molar-refractivity contribution >= 4 is 23.0 Å². The van der Waals surface area contributed by atoms with Gasteiger partial charge >= 0.3 is 0 Å². The fourth-order valence-corrected chi connectivity index (χ4v) is 2.43. The number of hydrogen-bond donors (Lipinski definition) is 1. The molecule has 138 valence electrons. The second-order valence-electron chi connectivity index (χ2n) is 5.61. The van der Waals surface area contributed by atoms with Crippen molar-refractivity contribution in [1.29, 1.82) is 0 Å². The number of benzene rings is 2. The monoisotopic (exact) mass is 359 g/mol. The molecule has 2 rings (SSSR count). The van der Waals surface area contributed by atoms with Crippen molar-refractivity contribution in [2.24, 2.45) is 0 Å². The highest BCUT2D eigenvalue weighted by molar-refractivity contribution is 6.08. The second kappa shape index (κ2) is 8.19. The maximum absolute atomic E-state index is 12.7. The van der Waals surface area contributed by atoms with E-state index in [0.717, 1.165) is 0 Å². The summed E-state index contributed by atoms with van der Waals surface area (Å²) in [7, 11) is 5.03. The van der Waals surface area contributed by atoms with Crippen LogP contribution in [0.2, 0.25) is 0 Å². The quantitative estimate of drug-likeness (QED) is 0.602. The van der Waals surface area contributed by atoms with Gasteiger partial charge in [0.15, 0.2) is 11.5 Å². The highest BCUT2D eigenvalue weighted by Gasteiger charge is 2.18. The van der Waals surface area contributed by atoms with Crippen molar-refractivity contribution in [3.05, 3.63) is 52.1 Å². The minimum Gasteiger partial charge on any atom is -0.493 e. The van der Waals surface area contributed by atoms with Crippen molar-refractivity contribution in [2.75, 3.05) is 38.0 Å². The van der Waals surface area contributed by atoms with Crippen molar-refractivity contribution < 1.29 is 19.2 Å². The Morgan fingerprint density at radius 3 is 2.50 bits per heavy atom. The summed E-state index contributed by atoms with van der Waals surface area (Å²) in [5.74, 6) is 0.595. The number of ether oxygens (including phenoxy) is 2. The highest BCUT2D eigenvalue weighted by atomic mass is 16.6. The minimum absolute atomic E-state index is 0.148. The Hall–Kier alpha value is -3.29. The molecule has 0 unspecified atom stereocenters. The molecule has 1 N–H and O–H groups in total. The fourth-order valence-electron chi connectivity index (χ4n) is 2.43. The van der Waals surface area contributed by atoms with Crippen LogP contribution in [-0.2, 0) is 0 Å². The maximum atomic E-state index is 12.7. The summed E-state index contributed by atoms with van der Waals surface area (Å²) in [6.45, 7) is 2.35. The minimum atomic E-state index is -0.532. The number of nitrogens with zero attached hydrogens (tertiary/aromatic N) is 2. The van der Waals surface area contributed by atoms with Crippen LogP contribution < -0.4 is 19.7 Å². The van der Waals surface area contributed by atoms with Gasteiger partial charge in [-0.15, -0.1) is 0 Å². The van der Waals surface area contributed by atoms with Gasteiger partial charge in [0.05, 0.1) is 24.2 Å². The number of carbonyl (C=O) groups excluding carboxylic acids is 1. The molecule has 0 saturated carbocycles. The van der Waals surface area contributed by atoms with Crippen LogP contribution in [0.15, 0.2) is 36.4 Å². The molecule has 0 heterocycles. The van der Waals surface area contributed by atoms with E-state index < -0.39 is 10.8 Å². The normalized spacial score (nSPS) is 10.2. The number of nitro benzene ring substituents is 1. The van der Waals surface area contributed by atoms with E-state index in [-0.39, 0.29) is 11.3 Å². The first-order chi connectivity index (χ1) is 12.4. The molecule has 8 heteroatoms. The van der Waals surface area contributed by atoms with E-state index in [0.29, 0.717) is 29.5 Å². The summed E-state index contributed by atoms with van der Waals surface area (Å²) in [5.41, 5.74) is 1.12. The molecule has 0 atom stereocenters. The lowest BCUT2D eigenvalue weighted by Gasteiger charge is -2.17. The summed E-state index contributed by atoms with van der Waals surface area (Å²) in [4.78, 5) is 24.9. The molecular weight excluding hydrogens is 338 g/mol. The van der Waals surface area contributed by atoms with E-state index >= 15 is 0 Å². The van der Waals surface area contributed by atoms with Crippen LogP contribution in [0.5, 0.6) is 11.5 Å². The van der Waals surface area contributed by atoms with Crippen LogP contribution >= 0.6 is 0 Å². The van der Waals surface area contributed by atoms with Gasteiger partial charge in [-0.2, -0.15) is 0 Å². The zero-order valence-electron chi connectivity index (χ0n) is 15.1. The number of carbonyl (C=O) groups is 1. The Kier molecular flexibility index (Phi) is 6.00. The first-order valence-corrected chi connectivity index (χ1v) is 7.95. The van der Waals surface area contributed by atoms with Gasteiger partial charge < -0.3 is 19.7 Å². The number of nitrogens with one attached hydrogen (secondary N) is 1. The van der Waals surface area contributed by atoms with Crippen LogP contribution in [0, 0.1) is 10.1 Å². The van der Waals surface area contributed by atoms with E-state index in [4.69, 9.17) is 9.47 Å². The van der Waals surface area contributed by atoms with Crippen molar-refractivity contribution in [3.63, 3.8) is 0 Å². The highest BCUT2D eigenvalue weighted by Crippen LogP contribution is 2.31. The van der Waals surface area contributed by atoms with E-state index in [2.05, 4.69) is 5.32 Å². The molecule has 2 aromatic carbocycles. The number of anilines is 2. The SMILES string of the molecule is CCOc1ccc(NC(=O)c2cc([N+](=O)[O-])ccc2N(C)C)cc1OC. The van der Waals surface area contributed by atoms with E-state index in [1.165, 1.54) is 19.2 Å². The molecular formula is C18H21N3O5. The number of nitro groups is 1. The van der Waals surface area contributed by atoms with Crippen LogP contribution in [0.1, 0.15) is 17.3 Å². The van der Waals surface area contributed by atoms with Crippen LogP contribution in [-0.4, -0.2) is 38.6 Å². The largest absolute Gasteiger partial charge is 0.493 e. The molecule has 0 aliphatic rings. The van der Waals surface area contributed by atoms with Crippen LogP contribution in [0.3, 0.4) is 0 Å². The van der Waals surface area contributed by atoms with Crippen LogP contribution in [0.4, 0.5) is 17.1 Å². The number of rotatable bonds is 7. The molecule has 8 nitrogen and oxygen atoms in total.